The van der Waals surface area contributed by atoms with Gasteiger partial charge in [-0.05, 0) is 48.9 Å². The Bertz CT molecular complexity index is 1200. The van der Waals surface area contributed by atoms with Crippen LogP contribution in [0, 0.1) is 0 Å². The molecule has 1 atom stereocenters. The number of anilines is 1. The number of thiophene rings is 1. The molecule has 0 bridgehead atoms. The average molecular weight is 464 g/mol. The van der Waals surface area contributed by atoms with E-state index in [0.717, 1.165) is 41.7 Å². The molecule has 1 aliphatic carbocycles. The van der Waals surface area contributed by atoms with E-state index in [1.54, 1.807) is 7.11 Å². The summed E-state index contributed by atoms with van der Waals surface area (Å²) in [7, 11) is 1.62. The molecule has 0 unspecified atom stereocenters. The zero-order valence-electron chi connectivity index (χ0n) is 18.3. The minimum Gasteiger partial charge on any atom is -0.493 e. The fourth-order valence-electron chi connectivity index (χ4n) is 4.77. The molecule has 1 aliphatic heterocycles. The van der Waals surface area contributed by atoms with E-state index in [9.17, 15) is 14.7 Å². The van der Waals surface area contributed by atoms with Crippen LogP contribution < -0.4 is 14.8 Å². The van der Waals surface area contributed by atoms with Crippen molar-refractivity contribution in [2.45, 2.75) is 44.1 Å². The Hall–Kier alpha value is -3.32. The Morgan fingerprint density at radius 1 is 1.09 bits per heavy atom. The molecule has 0 saturated heterocycles. The molecule has 1 aromatic heterocycles. The van der Waals surface area contributed by atoms with Gasteiger partial charge in [0.25, 0.3) is 0 Å². The summed E-state index contributed by atoms with van der Waals surface area (Å²) < 4.78 is 11.8. The van der Waals surface area contributed by atoms with Gasteiger partial charge in [0.05, 0.1) is 18.9 Å². The number of hydrogen-bond donors (Lipinski definition) is 2. The van der Waals surface area contributed by atoms with E-state index in [2.05, 4.69) is 5.32 Å². The van der Waals surface area contributed by atoms with Crippen LogP contribution in [0.15, 0.2) is 48.5 Å². The molecule has 6 nitrogen and oxygen atoms in total. The van der Waals surface area contributed by atoms with Crippen LogP contribution in [0.25, 0.3) is 11.1 Å². The number of carboxylic acid groups (broad SMARTS) is 1. The van der Waals surface area contributed by atoms with E-state index in [1.165, 1.54) is 11.3 Å². The highest BCUT2D eigenvalue weighted by Crippen LogP contribution is 2.50. The first-order valence-electron chi connectivity index (χ1n) is 11.1. The van der Waals surface area contributed by atoms with Crippen molar-refractivity contribution in [1.82, 2.24) is 0 Å². The number of aromatic carboxylic acids is 1. The zero-order valence-corrected chi connectivity index (χ0v) is 19.1. The summed E-state index contributed by atoms with van der Waals surface area (Å²) in [6, 6.07) is 15.1. The molecule has 1 fully saturated rings. The Morgan fingerprint density at radius 3 is 2.55 bits per heavy atom. The first-order valence-corrected chi connectivity index (χ1v) is 12.0. The van der Waals surface area contributed by atoms with Gasteiger partial charge in [0, 0.05) is 22.8 Å². The summed E-state index contributed by atoms with van der Waals surface area (Å²) in [4.78, 5) is 26.0. The second-order valence-electron chi connectivity index (χ2n) is 8.46. The van der Waals surface area contributed by atoms with Gasteiger partial charge in [0.2, 0.25) is 5.91 Å². The number of methoxy groups -OCH3 is 1. The van der Waals surface area contributed by atoms with Gasteiger partial charge >= 0.3 is 5.97 Å². The summed E-state index contributed by atoms with van der Waals surface area (Å²) in [5.74, 6) is -0.0536. The average Bonchev–Trinajstić information content (AvgIpc) is 3.47. The lowest BCUT2D eigenvalue weighted by Crippen LogP contribution is -2.22. The molecule has 7 heteroatoms. The van der Waals surface area contributed by atoms with E-state index in [1.807, 2.05) is 48.5 Å². The summed E-state index contributed by atoms with van der Waals surface area (Å²) in [6.45, 7) is 0. The van der Waals surface area contributed by atoms with Crippen LogP contribution in [-0.4, -0.2) is 30.2 Å². The molecular weight excluding hydrogens is 438 g/mol. The van der Waals surface area contributed by atoms with Crippen molar-refractivity contribution in [2.75, 3.05) is 12.4 Å². The summed E-state index contributed by atoms with van der Waals surface area (Å²) in [5, 5.41) is 12.9. The standard InChI is InChI=1S/C26H25NO5S/c1-31-19-12-11-16(13-20(19)32-17-9-5-6-10-17)18-14-21(28)27-23-22(15-7-3-2-4-8-15)25(26(29)30)33-24(18)23/h2-4,7-8,11-13,17-18H,5-6,9-10,14H2,1H3,(H,27,28)(H,29,30)/t18-/m0/s1. The molecule has 2 N–H and O–H groups in total. The molecular formula is C26H25NO5S. The van der Waals surface area contributed by atoms with Gasteiger partial charge in [-0.3, -0.25) is 4.79 Å². The van der Waals surface area contributed by atoms with Gasteiger partial charge in [-0.2, -0.15) is 0 Å². The normalized spacial score (nSPS) is 18.0. The van der Waals surface area contributed by atoms with Gasteiger partial charge in [-0.15, -0.1) is 11.3 Å². The number of carbonyl (C=O) groups excluding carboxylic acids is 1. The number of benzene rings is 2. The number of fused-ring (bicyclic) bond motifs is 1. The molecule has 33 heavy (non-hydrogen) atoms. The van der Waals surface area contributed by atoms with E-state index in [4.69, 9.17) is 9.47 Å². The molecule has 0 spiro atoms. The molecule has 1 amide bonds. The third-order valence-corrected chi connectivity index (χ3v) is 7.64. The Balaban J connectivity index is 1.60. The maximum absolute atomic E-state index is 12.7. The van der Waals surface area contributed by atoms with Crippen LogP contribution in [0.1, 0.15) is 58.1 Å². The van der Waals surface area contributed by atoms with Crippen molar-refractivity contribution in [1.29, 1.82) is 0 Å². The quantitative estimate of drug-likeness (QED) is 0.474. The topological polar surface area (TPSA) is 84.9 Å². The number of carbonyl (C=O) groups is 2. The summed E-state index contributed by atoms with van der Waals surface area (Å²) in [5.41, 5.74) is 2.85. The van der Waals surface area contributed by atoms with Crippen molar-refractivity contribution >= 4 is 28.9 Å². The second kappa shape index (κ2) is 8.90. The SMILES string of the molecule is COc1ccc([C@@H]2CC(=O)Nc3c2sc(C(=O)O)c3-c2ccccc2)cc1OC1CCCC1. The van der Waals surface area contributed by atoms with Crippen LogP contribution in [0.2, 0.25) is 0 Å². The van der Waals surface area contributed by atoms with Gasteiger partial charge in [-0.25, -0.2) is 4.79 Å². The molecule has 2 heterocycles. The lowest BCUT2D eigenvalue weighted by atomic mass is 9.88. The summed E-state index contributed by atoms with van der Waals surface area (Å²) >= 11 is 1.23. The molecule has 170 valence electrons. The Morgan fingerprint density at radius 2 is 1.85 bits per heavy atom. The number of ether oxygens (including phenoxy) is 2. The highest BCUT2D eigenvalue weighted by molar-refractivity contribution is 7.15. The predicted octanol–water partition coefficient (Wildman–Crippen LogP) is 5.92. The van der Waals surface area contributed by atoms with Crippen molar-refractivity contribution in [2.24, 2.45) is 0 Å². The van der Waals surface area contributed by atoms with Crippen LogP contribution in [0.5, 0.6) is 11.5 Å². The molecule has 2 aliphatic rings. The highest BCUT2D eigenvalue weighted by atomic mass is 32.1. The largest absolute Gasteiger partial charge is 0.493 e. The fraction of sp³-hybridized carbons (Fsp3) is 0.308. The van der Waals surface area contributed by atoms with Crippen molar-refractivity contribution < 1.29 is 24.2 Å². The number of amides is 1. The van der Waals surface area contributed by atoms with E-state index >= 15 is 0 Å². The number of carboxylic acids is 1. The summed E-state index contributed by atoms with van der Waals surface area (Å²) in [6.07, 6.45) is 4.79. The Kier molecular flexibility index (Phi) is 5.81. The monoisotopic (exact) mass is 463 g/mol. The first-order chi connectivity index (χ1) is 16.0. The molecule has 5 rings (SSSR count). The third-order valence-electron chi connectivity index (χ3n) is 6.35. The third kappa shape index (κ3) is 4.09. The van der Waals surface area contributed by atoms with Crippen molar-refractivity contribution in [3.63, 3.8) is 0 Å². The molecule has 1 saturated carbocycles. The highest BCUT2D eigenvalue weighted by Gasteiger charge is 2.35. The first kappa shape index (κ1) is 21.5. The number of hydrogen-bond acceptors (Lipinski definition) is 5. The molecule has 3 aromatic rings. The maximum atomic E-state index is 12.7. The van der Waals surface area contributed by atoms with Gasteiger partial charge in [-0.1, -0.05) is 36.4 Å². The minimum atomic E-state index is -0.999. The number of nitrogens with one attached hydrogen (secondary N) is 1. The van der Waals surface area contributed by atoms with E-state index in [0.29, 0.717) is 22.7 Å². The van der Waals surface area contributed by atoms with E-state index < -0.39 is 5.97 Å². The van der Waals surface area contributed by atoms with Crippen molar-refractivity contribution in [3.05, 3.63) is 63.8 Å². The van der Waals surface area contributed by atoms with Crippen LogP contribution >= 0.6 is 11.3 Å². The fourth-order valence-corrected chi connectivity index (χ4v) is 6.02. The second-order valence-corrected chi connectivity index (χ2v) is 9.51. The number of rotatable bonds is 6. The van der Waals surface area contributed by atoms with Gasteiger partial charge < -0.3 is 19.9 Å². The van der Waals surface area contributed by atoms with E-state index in [-0.39, 0.29) is 29.2 Å². The molecule has 0 radical (unpaired) electrons. The molecule has 2 aromatic carbocycles. The predicted molar refractivity (Wildman–Crippen MR) is 128 cm³/mol. The minimum absolute atomic E-state index is 0.131. The van der Waals surface area contributed by atoms with Gasteiger partial charge in [0.1, 0.15) is 4.88 Å². The van der Waals surface area contributed by atoms with Crippen LogP contribution in [0.4, 0.5) is 5.69 Å². The lowest BCUT2D eigenvalue weighted by molar-refractivity contribution is -0.116. The smallest absolute Gasteiger partial charge is 0.346 e. The Labute approximate surface area is 196 Å². The van der Waals surface area contributed by atoms with Crippen LogP contribution in [-0.2, 0) is 4.79 Å². The van der Waals surface area contributed by atoms with Crippen LogP contribution in [0.3, 0.4) is 0 Å². The maximum Gasteiger partial charge on any atom is 0.346 e. The zero-order chi connectivity index (χ0) is 22.9. The van der Waals surface area contributed by atoms with Crippen molar-refractivity contribution in [3.8, 4) is 22.6 Å². The van der Waals surface area contributed by atoms with Gasteiger partial charge in [0.15, 0.2) is 11.5 Å². The lowest BCUT2D eigenvalue weighted by Gasteiger charge is -2.25.